The number of hydrogen-bond donors (Lipinski definition) is 0. The van der Waals surface area contributed by atoms with Crippen LogP contribution in [0, 0.1) is 5.92 Å². The summed E-state index contributed by atoms with van der Waals surface area (Å²) in [4.78, 5) is 6.08. The third kappa shape index (κ3) is 1.95. The predicted molar refractivity (Wildman–Crippen MR) is 66.7 cm³/mol. The largest absolute Gasteiger partial charge is 0.293 e. The lowest BCUT2D eigenvalue weighted by Crippen LogP contribution is -2.42. The highest BCUT2D eigenvalue weighted by Gasteiger charge is 2.19. The average molecular weight is 252 g/mol. The number of fused-ring (bicyclic) bond motifs is 1. The molecule has 2 aromatic rings. The molecule has 1 aliphatic heterocycles. The van der Waals surface area contributed by atoms with Gasteiger partial charge >= 0.3 is 0 Å². The summed E-state index contributed by atoms with van der Waals surface area (Å²) in [6, 6.07) is 3.59. The molecule has 0 aliphatic carbocycles. The fourth-order valence-electron chi connectivity index (χ4n) is 2.15. The smallest absolute Gasteiger partial charge is 0.202 e. The van der Waals surface area contributed by atoms with Crippen molar-refractivity contribution in [2.24, 2.45) is 5.92 Å². The molecule has 6 heteroatoms. The van der Waals surface area contributed by atoms with Gasteiger partial charge in [0.1, 0.15) is 10.7 Å². The molecule has 0 atom stereocenters. The topological polar surface area (TPSA) is 46.8 Å². The molecular formula is C11H14ClN5. The van der Waals surface area contributed by atoms with Crippen molar-refractivity contribution in [3.63, 3.8) is 0 Å². The summed E-state index contributed by atoms with van der Waals surface area (Å²) in [5.74, 6) is 0.789. The Morgan fingerprint density at radius 2 is 2.06 bits per heavy atom. The number of piperidine rings is 1. The normalized spacial score (nSPS) is 17.9. The van der Waals surface area contributed by atoms with Crippen molar-refractivity contribution >= 4 is 22.8 Å². The van der Waals surface area contributed by atoms with Gasteiger partial charge in [0.25, 0.3) is 0 Å². The number of nitrogens with zero attached hydrogens (tertiary/aromatic N) is 5. The van der Waals surface area contributed by atoms with E-state index in [1.165, 1.54) is 12.8 Å². The van der Waals surface area contributed by atoms with Gasteiger partial charge in [-0.3, -0.25) is 5.01 Å². The minimum Gasteiger partial charge on any atom is -0.293 e. The Morgan fingerprint density at radius 1 is 1.29 bits per heavy atom. The Morgan fingerprint density at radius 3 is 2.82 bits per heavy atom. The molecule has 1 saturated heterocycles. The number of aromatic nitrogens is 4. The van der Waals surface area contributed by atoms with Crippen LogP contribution in [0.5, 0.6) is 0 Å². The summed E-state index contributed by atoms with van der Waals surface area (Å²) in [6.45, 7) is 4.27. The summed E-state index contributed by atoms with van der Waals surface area (Å²) in [5.41, 5.74) is 1.53. The van der Waals surface area contributed by atoms with Gasteiger partial charge in [0.2, 0.25) is 5.65 Å². The quantitative estimate of drug-likeness (QED) is 0.726. The molecule has 1 aliphatic rings. The Balaban J connectivity index is 1.97. The van der Waals surface area contributed by atoms with Crippen molar-refractivity contribution in [2.45, 2.75) is 19.8 Å². The molecule has 0 aromatic carbocycles. The van der Waals surface area contributed by atoms with E-state index in [0.717, 1.165) is 30.2 Å². The maximum absolute atomic E-state index is 5.91. The first kappa shape index (κ1) is 10.8. The van der Waals surface area contributed by atoms with Crippen LogP contribution in [0.2, 0.25) is 5.15 Å². The van der Waals surface area contributed by atoms with E-state index in [9.17, 15) is 0 Å². The third-order valence-corrected chi connectivity index (χ3v) is 3.49. The van der Waals surface area contributed by atoms with Crippen molar-refractivity contribution in [3.8, 4) is 0 Å². The molecule has 0 spiro atoms. The van der Waals surface area contributed by atoms with Gasteiger partial charge in [0, 0.05) is 13.1 Å². The zero-order valence-corrected chi connectivity index (χ0v) is 10.4. The molecule has 5 nitrogen and oxygen atoms in total. The first-order chi connectivity index (χ1) is 8.24. The molecule has 0 radical (unpaired) electrons. The second-order valence-electron chi connectivity index (χ2n) is 4.59. The minimum absolute atomic E-state index is 0.478. The van der Waals surface area contributed by atoms with E-state index in [1.54, 1.807) is 10.9 Å². The van der Waals surface area contributed by atoms with Crippen LogP contribution in [0.1, 0.15) is 19.8 Å². The number of pyridine rings is 1. The molecule has 0 N–H and O–H groups in total. The van der Waals surface area contributed by atoms with E-state index in [2.05, 4.69) is 27.2 Å². The molecule has 1 fully saturated rings. The summed E-state index contributed by atoms with van der Waals surface area (Å²) < 4.78 is 0. The van der Waals surface area contributed by atoms with E-state index in [0.29, 0.717) is 5.15 Å². The van der Waals surface area contributed by atoms with Crippen molar-refractivity contribution in [2.75, 3.05) is 18.1 Å². The zero-order valence-electron chi connectivity index (χ0n) is 9.67. The van der Waals surface area contributed by atoms with E-state index in [-0.39, 0.29) is 0 Å². The van der Waals surface area contributed by atoms with Gasteiger partial charge in [-0.15, -0.1) is 9.89 Å². The van der Waals surface area contributed by atoms with Crippen LogP contribution in [0.3, 0.4) is 0 Å². The Labute approximate surface area is 104 Å². The second kappa shape index (κ2) is 4.14. The molecule has 3 rings (SSSR count). The lowest BCUT2D eigenvalue weighted by Gasteiger charge is -2.31. The van der Waals surface area contributed by atoms with Crippen LogP contribution in [0.4, 0.5) is 0 Å². The van der Waals surface area contributed by atoms with Gasteiger partial charge < -0.3 is 0 Å². The molecule has 0 saturated carbocycles. The monoisotopic (exact) mass is 251 g/mol. The van der Waals surface area contributed by atoms with E-state index in [1.807, 2.05) is 6.07 Å². The van der Waals surface area contributed by atoms with Gasteiger partial charge in [-0.1, -0.05) is 18.5 Å². The first-order valence-corrected chi connectivity index (χ1v) is 6.25. The lowest BCUT2D eigenvalue weighted by atomic mass is 10.0. The number of rotatable bonds is 1. The average Bonchev–Trinajstić information content (AvgIpc) is 2.73. The Hall–Kier alpha value is -1.36. The molecule has 3 heterocycles. The second-order valence-corrected chi connectivity index (χ2v) is 4.98. The van der Waals surface area contributed by atoms with Crippen molar-refractivity contribution in [1.29, 1.82) is 0 Å². The number of halogens is 1. The Bertz CT molecular complexity index is 530. The maximum Gasteiger partial charge on any atom is 0.202 e. The standard InChI is InChI=1S/C11H14ClN5/c1-8-4-6-16(7-5-8)17-11-9(14-15-17)2-3-10(12)13-11/h2-3,8H,4-7H2,1H3. The van der Waals surface area contributed by atoms with Crippen LogP contribution in [0.15, 0.2) is 12.1 Å². The minimum atomic E-state index is 0.478. The lowest BCUT2D eigenvalue weighted by molar-refractivity contribution is 0.372. The van der Waals surface area contributed by atoms with Gasteiger partial charge in [-0.25, -0.2) is 4.98 Å². The van der Waals surface area contributed by atoms with Crippen LogP contribution < -0.4 is 5.01 Å². The zero-order chi connectivity index (χ0) is 11.8. The molecule has 17 heavy (non-hydrogen) atoms. The summed E-state index contributed by atoms with van der Waals surface area (Å²) in [5, 5.41) is 10.9. The summed E-state index contributed by atoms with van der Waals surface area (Å²) in [7, 11) is 0. The van der Waals surface area contributed by atoms with Gasteiger partial charge in [0.05, 0.1) is 0 Å². The van der Waals surface area contributed by atoms with Crippen LogP contribution in [0.25, 0.3) is 11.2 Å². The predicted octanol–water partition coefficient (Wildman–Crippen LogP) is 1.85. The van der Waals surface area contributed by atoms with Gasteiger partial charge in [-0.05, 0) is 36.1 Å². The molecular weight excluding hydrogens is 238 g/mol. The fourth-order valence-corrected chi connectivity index (χ4v) is 2.29. The molecule has 0 bridgehead atoms. The van der Waals surface area contributed by atoms with Crippen molar-refractivity contribution < 1.29 is 0 Å². The third-order valence-electron chi connectivity index (χ3n) is 3.28. The van der Waals surface area contributed by atoms with Gasteiger partial charge in [-0.2, -0.15) is 0 Å². The molecule has 2 aromatic heterocycles. The first-order valence-electron chi connectivity index (χ1n) is 5.87. The molecule has 0 amide bonds. The molecule has 0 unspecified atom stereocenters. The van der Waals surface area contributed by atoms with Crippen molar-refractivity contribution in [3.05, 3.63) is 17.3 Å². The SMILES string of the molecule is CC1CCN(n2nnc3ccc(Cl)nc32)CC1. The highest BCUT2D eigenvalue weighted by molar-refractivity contribution is 6.29. The van der Waals surface area contributed by atoms with E-state index >= 15 is 0 Å². The number of hydrogen-bond acceptors (Lipinski definition) is 4. The Kier molecular flexibility index (Phi) is 2.63. The highest BCUT2D eigenvalue weighted by Crippen LogP contribution is 2.18. The van der Waals surface area contributed by atoms with Crippen LogP contribution in [-0.2, 0) is 0 Å². The highest BCUT2D eigenvalue weighted by atomic mass is 35.5. The van der Waals surface area contributed by atoms with Crippen molar-refractivity contribution in [1.82, 2.24) is 20.1 Å². The van der Waals surface area contributed by atoms with Crippen LogP contribution >= 0.6 is 11.6 Å². The summed E-state index contributed by atoms with van der Waals surface area (Å²) >= 11 is 5.91. The van der Waals surface area contributed by atoms with Crippen LogP contribution in [-0.4, -0.2) is 33.2 Å². The van der Waals surface area contributed by atoms with E-state index < -0.39 is 0 Å². The summed E-state index contributed by atoms with van der Waals surface area (Å²) in [6.07, 6.45) is 2.36. The molecule has 90 valence electrons. The van der Waals surface area contributed by atoms with E-state index in [4.69, 9.17) is 11.6 Å². The maximum atomic E-state index is 5.91. The van der Waals surface area contributed by atoms with Gasteiger partial charge in [0.15, 0.2) is 0 Å². The fraction of sp³-hybridized carbons (Fsp3) is 0.545.